The summed E-state index contributed by atoms with van der Waals surface area (Å²) in [5.41, 5.74) is -0.316. The first-order valence-corrected chi connectivity index (χ1v) is 5.48. The average molecular weight is 195 g/mol. The molecule has 1 amide bonds. The van der Waals surface area contributed by atoms with E-state index in [0.29, 0.717) is 0 Å². The molecule has 1 aliphatic carbocycles. The van der Waals surface area contributed by atoms with Crippen LogP contribution in [0.3, 0.4) is 0 Å². The van der Waals surface area contributed by atoms with Gasteiger partial charge >= 0.3 is 0 Å². The number of amides is 1. The predicted molar refractivity (Wildman–Crippen MR) is 52.7 cm³/mol. The second-order valence-electron chi connectivity index (χ2n) is 4.65. The summed E-state index contributed by atoms with van der Waals surface area (Å²) in [5.74, 6) is 0.0704. The Balaban J connectivity index is 2.13. The lowest BCUT2D eigenvalue weighted by molar-refractivity contribution is -0.134. The zero-order chi connectivity index (χ0) is 10.2. The number of unbranched alkanes of at least 4 members (excludes halogenated alkanes) is 1. The molecule has 0 spiro atoms. The summed E-state index contributed by atoms with van der Waals surface area (Å²) < 4.78 is 0. The molecule has 2 rings (SSSR count). The minimum absolute atomic E-state index is 0.0310. The highest BCUT2D eigenvalue weighted by Gasteiger charge is 2.55. The van der Waals surface area contributed by atoms with E-state index in [4.69, 9.17) is 0 Å². The van der Waals surface area contributed by atoms with Gasteiger partial charge in [-0.3, -0.25) is 4.79 Å². The average Bonchev–Trinajstić information content (AvgIpc) is 2.71. The van der Waals surface area contributed by atoms with Crippen LogP contribution in [0.2, 0.25) is 0 Å². The van der Waals surface area contributed by atoms with E-state index in [1.165, 1.54) is 0 Å². The molecule has 78 valence electrons. The van der Waals surface area contributed by atoms with Crippen LogP contribution in [-0.4, -0.2) is 18.2 Å². The summed E-state index contributed by atoms with van der Waals surface area (Å²) in [6, 6.07) is 0.273. The van der Waals surface area contributed by atoms with Gasteiger partial charge in [0.1, 0.15) is 6.29 Å². The Kier molecular flexibility index (Phi) is 2.33. The maximum Gasteiger partial charge on any atom is 0.224 e. The van der Waals surface area contributed by atoms with Crippen LogP contribution < -0.4 is 5.32 Å². The Hall–Kier alpha value is -0.860. The smallest absolute Gasteiger partial charge is 0.224 e. The highest BCUT2D eigenvalue weighted by atomic mass is 16.2. The van der Waals surface area contributed by atoms with E-state index in [0.717, 1.165) is 38.4 Å². The fourth-order valence-electron chi connectivity index (χ4n) is 2.95. The SMILES string of the molecule is CCCC[C@]1(C=O)C[C@H]2C[C@@H]1C(=O)N2. The zero-order valence-corrected chi connectivity index (χ0v) is 8.58. The lowest BCUT2D eigenvalue weighted by atomic mass is 9.74. The van der Waals surface area contributed by atoms with Crippen molar-refractivity contribution in [2.24, 2.45) is 11.3 Å². The Morgan fingerprint density at radius 2 is 2.43 bits per heavy atom. The lowest BCUT2D eigenvalue weighted by Gasteiger charge is -2.31. The quantitative estimate of drug-likeness (QED) is 0.687. The number of carbonyl (C=O) groups excluding carboxylic acids is 2. The van der Waals surface area contributed by atoms with E-state index < -0.39 is 0 Å². The van der Waals surface area contributed by atoms with Crippen molar-refractivity contribution < 1.29 is 9.59 Å². The minimum atomic E-state index is -0.316. The number of fused-ring (bicyclic) bond motifs is 2. The van der Waals surface area contributed by atoms with E-state index in [1.54, 1.807) is 0 Å². The molecule has 3 nitrogen and oxygen atoms in total. The van der Waals surface area contributed by atoms with Crippen molar-refractivity contribution in [2.75, 3.05) is 0 Å². The first-order valence-electron chi connectivity index (χ1n) is 5.48. The first-order chi connectivity index (χ1) is 6.72. The van der Waals surface area contributed by atoms with E-state index in [1.807, 2.05) is 0 Å². The molecule has 2 aliphatic rings. The third-order valence-electron chi connectivity index (χ3n) is 3.73. The number of piperidine rings is 1. The van der Waals surface area contributed by atoms with Crippen molar-refractivity contribution in [3.8, 4) is 0 Å². The molecule has 1 N–H and O–H groups in total. The molecule has 14 heavy (non-hydrogen) atoms. The van der Waals surface area contributed by atoms with Gasteiger partial charge in [0, 0.05) is 11.5 Å². The molecule has 0 aromatic heterocycles. The van der Waals surface area contributed by atoms with E-state index >= 15 is 0 Å². The van der Waals surface area contributed by atoms with Crippen LogP contribution in [0.5, 0.6) is 0 Å². The van der Waals surface area contributed by atoms with Crippen molar-refractivity contribution >= 4 is 12.2 Å². The Bertz CT molecular complexity index is 264. The fraction of sp³-hybridized carbons (Fsp3) is 0.818. The maximum atomic E-state index is 11.5. The Morgan fingerprint density at radius 1 is 1.64 bits per heavy atom. The van der Waals surface area contributed by atoms with Crippen LogP contribution >= 0.6 is 0 Å². The molecule has 3 atom stereocenters. The van der Waals surface area contributed by atoms with Crippen LogP contribution in [-0.2, 0) is 9.59 Å². The van der Waals surface area contributed by atoms with Crippen LogP contribution in [0.15, 0.2) is 0 Å². The van der Waals surface area contributed by atoms with Gasteiger partial charge in [-0.25, -0.2) is 0 Å². The van der Waals surface area contributed by atoms with Crippen molar-refractivity contribution in [2.45, 2.75) is 45.1 Å². The molecule has 1 heterocycles. The molecular weight excluding hydrogens is 178 g/mol. The van der Waals surface area contributed by atoms with Gasteiger partial charge < -0.3 is 10.1 Å². The van der Waals surface area contributed by atoms with E-state index in [9.17, 15) is 9.59 Å². The second kappa shape index (κ2) is 3.37. The van der Waals surface area contributed by atoms with Gasteiger partial charge in [0.2, 0.25) is 5.91 Å². The maximum absolute atomic E-state index is 11.5. The summed E-state index contributed by atoms with van der Waals surface area (Å²) in [6.45, 7) is 2.12. The fourth-order valence-corrected chi connectivity index (χ4v) is 2.95. The molecule has 2 bridgehead atoms. The normalized spacial score (nSPS) is 39.9. The van der Waals surface area contributed by atoms with Crippen molar-refractivity contribution in [3.05, 3.63) is 0 Å². The van der Waals surface area contributed by atoms with Crippen molar-refractivity contribution in [1.82, 2.24) is 5.32 Å². The molecule has 0 radical (unpaired) electrons. The van der Waals surface area contributed by atoms with Gasteiger partial charge in [0.15, 0.2) is 0 Å². The van der Waals surface area contributed by atoms with Crippen LogP contribution in [0, 0.1) is 11.3 Å². The summed E-state index contributed by atoms with van der Waals surface area (Å²) in [6.07, 6.45) is 5.83. The monoisotopic (exact) mass is 195 g/mol. The molecule has 0 unspecified atom stereocenters. The Labute approximate surface area is 84.2 Å². The van der Waals surface area contributed by atoms with Gasteiger partial charge in [-0.15, -0.1) is 0 Å². The van der Waals surface area contributed by atoms with E-state index in [2.05, 4.69) is 12.2 Å². The number of nitrogens with one attached hydrogen (secondary N) is 1. The summed E-state index contributed by atoms with van der Waals surface area (Å²) >= 11 is 0. The summed E-state index contributed by atoms with van der Waals surface area (Å²) in [5, 5.41) is 2.92. The third-order valence-corrected chi connectivity index (χ3v) is 3.73. The molecule has 1 saturated heterocycles. The number of hydrogen-bond acceptors (Lipinski definition) is 2. The number of rotatable bonds is 4. The molecule has 1 saturated carbocycles. The first kappa shape index (κ1) is 9.69. The summed E-state index contributed by atoms with van der Waals surface area (Å²) in [7, 11) is 0. The zero-order valence-electron chi connectivity index (χ0n) is 8.58. The van der Waals surface area contributed by atoms with Gasteiger partial charge in [-0.1, -0.05) is 19.8 Å². The van der Waals surface area contributed by atoms with Crippen LogP contribution in [0.4, 0.5) is 0 Å². The lowest BCUT2D eigenvalue weighted by Crippen LogP contribution is -2.43. The molecule has 0 aromatic carbocycles. The third kappa shape index (κ3) is 1.26. The van der Waals surface area contributed by atoms with Crippen LogP contribution in [0.1, 0.15) is 39.0 Å². The molecule has 0 aromatic rings. The van der Waals surface area contributed by atoms with E-state index in [-0.39, 0.29) is 23.3 Å². The highest BCUT2D eigenvalue weighted by Crippen LogP contribution is 2.49. The molecule has 1 aliphatic heterocycles. The highest BCUT2D eigenvalue weighted by molar-refractivity contribution is 5.87. The minimum Gasteiger partial charge on any atom is -0.353 e. The van der Waals surface area contributed by atoms with Gasteiger partial charge in [0.05, 0.1) is 5.92 Å². The second-order valence-corrected chi connectivity index (χ2v) is 4.65. The van der Waals surface area contributed by atoms with Gasteiger partial charge in [-0.2, -0.15) is 0 Å². The number of hydrogen-bond donors (Lipinski definition) is 1. The molecular formula is C11H17NO2. The standard InChI is InChI=1S/C11H17NO2/c1-2-3-4-11(7-13)6-8-5-9(11)10(14)12-8/h7-9H,2-6H2,1H3,(H,12,14)/t8-,9-,11-/m1/s1. The van der Waals surface area contributed by atoms with Gasteiger partial charge in [-0.05, 0) is 19.3 Å². The topological polar surface area (TPSA) is 46.2 Å². The molecule has 3 heteroatoms. The van der Waals surface area contributed by atoms with Crippen LogP contribution in [0.25, 0.3) is 0 Å². The molecule has 2 fully saturated rings. The van der Waals surface area contributed by atoms with Crippen molar-refractivity contribution in [3.63, 3.8) is 0 Å². The largest absolute Gasteiger partial charge is 0.353 e. The number of carbonyl (C=O) groups is 2. The number of aldehydes is 1. The van der Waals surface area contributed by atoms with Gasteiger partial charge in [0.25, 0.3) is 0 Å². The summed E-state index contributed by atoms with van der Waals surface area (Å²) in [4.78, 5) is 22.7. The predicted octanol–water partition coefficient (Wildman–Crippen LogP) is 1.27. The van der Waals surface area contributed by atoms with Crippen molar-refractivity contribution in [1.29, 1.82) is 0 Å². The Morgan fingerprint density at radius 3 is 2.93 bits per heavy atom.